The quantitative estimate of drug-likeness (QED) is 0.739. The van der Waals surface area contributed by atoms with Crippen LogP contribution in [0.2, 0.25) is 0 Å². The van der Waals surface area contributed by atoms with E-state index in [-0.39, 0.29) is 0 Å². The SMILES string of the molecule is C[C@@H]1C/C(=C/c2ccco2)[C@H](C)[NH+](C)C1. The molecular weight excluding hydrogens is 186 g/mol. The average molecular weight is 206 g/mol. The van der Waals surface area contributed by atoms with Crippen LogP contribution in [0.4, 0.5) is 0 Å². The van der Waals surface area contributed by atoms with E-state index in [1.165, 1.54) is 18.5 Å². The summed E-state index contributed by atoms with van der Waals surface area (Å²) in [6.45, 7) is 5.90. The molecule has 1 fully saturated rings. The average Bonchev–Trinajstić information content (AvgIpc) is 2.66. The largest absolute Gasteiger partial charge is 0.465 e. The summed E-state index contributed by atoms with van der Waals surface area (Å²) in [5.74, 6) is 1.76. The molecule has 0 amide bonds. The highest BCUT2D eigenvalue weighted by Crippen LogP contribution is 2.20. The highest BCUT2D eigenvalue weighted by molar-refractivity contribution is 5.48. The van der Waals surface area contributed by atoms with Crippen LogP contribution in [0.25, 0.3) is 6.08 Å². The van der Waals surface area contributed by atoms with E-state index in [4.69, 9.17) is 4.42 Å². The van der Waals surface area contributed by atoms with Gasteiger partial charge < -0.3 is 9.32 Å². The van der Waals surface area contributed by atoms with Gasteiger partial charge in [-0.1, -0.05) is 6.92 Å². The molecule has 82 valence electrons. The van der Waals surface area contributed by atoms with Crippen molar-refractivity contribution in [3.8, 4) is 0 Å². The minimum atomic E-state index is 0.617. The third-order valence-electron chi connectivity index (χ3n) is 3.42. The Hall–Kier alpha value is -1.02. The molecule has 2 heterocycles. The Labute approximate surface area is 91.6 Å². The fraction of sp³-hybridized carbons (Fsp3) is 0.538. The smallest absolute Gasteiger partial charge is 0.126 e. The topological polar surface area (TPSA) is 17.6 Å². The summed E-state index contributed by atoms with van der Waals surface area (Å²) >= 11 is 0. The molecule has 1 aliphatic heterocycles. The summed E-state index contributed by atoms with van der Waals surface area (Å²) in [5, 5.41) is 0. The maximum absolute atomic E-state index is 5.37. The molecule has 0 saturated carbocycles. The van der Waals surface area contributed by atoms with Gasteiger partial charge in [-0.3, -0.25) is 0 Å². The van der Waals surface area contributed by atoms with Crippen molar-refractivity contribution in [2.75, 3.05) is 13.6 Å². The van der Waals surface area contributed by atoms with E-state index in [1.807, 2.05) is 12.1 Å². The zero-order valence-corrected chi connectivity index (χ0v) is 9.79. The molecule has 0 radical (unpaired) electrons. The van der Waals surface area contributed by atoms with E-state index in [0.717, 1.165) is 11.7 Å². The van der Waals surface area contributed by atoms with Crippen molar-refractivity contribution in [1.29, 1.82) is 0 Å². The van der Waals surface area contributed by atoms with Crippen LogP contribution in [0.1, 0.15) is 26.0 Å². The summed E-state index contributed by atoms with van der Waals surface area (Å²) in [4.78, 5) is 1.60. The first-order valence-electron chi connectivity index (χ1n) is 5.73. The second kappa shape index (κ2) is 4.23. The molecule has 1 aliphatic rings. The Balaban J connectivity index is 2.20. The minimum absolute atomic E-state index is 0.617. The number of nitrogens with one attached hydrogen (secondary N) is 1. The number of hydrogen-bond donors (Lipinski definition) is 1. The number of rotatable bonds is 1. The molecule has 3 atom stereocenters. The molecular formula is C13H20NO+. The van der Waals surface area contributed by atoms with Crippen LogP contribution in [0.15, 0.2) is 28.4 Å². The summed E-state index contributed by atoms with van der Waals surface area (Å²) in [6, 6.07) is 4.58. The van der Waals surface area contributed by atoms with Crippen molar-refractivity contribution in [2.45, 2.75) is 26.3 Å². The van der Waals surface area contributed by atoms with E-state index in [9.17, 15) is 0 Å². The summed E-state index contributed by atoms with van der Waals surface area (Å²) in [6.07, 6.45) is 5.16. The third-order valence-corrected chi connectivity index (χ3v) is 3.42. The van der Waals surface area contributed by atoms with Gasteiger partial charge in [-0.2, -0.15) is 0 Å². The van der Waals surface area contributed by atoms with E-state index in [1.54, 1.807) is 11.2 Å². The van der Waals surface area contributed by atoms with Crippen molar-refractivity contribution < 1.29 is 9.32 Å². The normalized spacial score (nSPS) is 34.6. The van der Waals surface area contributed by atoms with Gasteiger partial charge in [-0.05, 0) is 37.1 Å². The Morgan fingerprint density at radius 2 is 2.27 bits per heavy atom. The second-order valence-electron chi connectivity index (χ2n) is 4.82. The highest BCUT2D eigenvalue weighted by Gasteiger charge is 2.27. The molecule has 1 unspecified atom stereocenters. The summed E-state index contributed by atoms with van der Waals surface area (Å²) in [7, 11) is 2.27. The van der Waals surface area contributed by atoms with Crippen LogP contribution in [0, 0.1) is 5.92 Å². The second-order valence-corrected chi connectivity index (χ2v) is 4.82. The number of quaternary nitrogens is 1. The van der Waals surface area contributed by atoms with Gasteiger partial charge in [0.25, 0.3) is 0 Å². The maximum Gasteiger partial charge on any atom is 0.126 e. The Morgan fingerprint density at radius 1 is 1.47 bits per heavy atom. The standard InChI is InChI=1S/C13H19NO/c1-10-7-12(11(2)14(3)9-10)8-13-5-4-6-15-13/h4-6,8,10-11H,7,9H2,1-3H3/p+1/b12-8-/t10-,11+/m1/s1. The molecule has 2 nitrogen and oxygen atoms in total. The Bertz CT molecular complexity index is 339. The number of likely N-dealkylation sites (N-methyl/N-ethyl adjacent to an activating group) is 1. The van der Waals surface area contributed by atoms with Gasteiger partial charge in [0.1, 0.15) is 11.8 Å². The summed E-state index contributed by atoms with van der Waals surface area (Å²) in [5.41, 5.74) is 1.52. The first-order valence-corrected chi connectivity index (χ1v) is 5.73. The lowest BCUT2D eigenvalue weighted by molar-refractivity contribution is -0.905. The van der Waals surface area contributed by atoms with Crippen LogP contribution in [0.3, 0.4) is 0 Å². The fourth-order valence-corrected chi connectivity index (χ4v) is 2.43. The van der Waals surface area contributed by atoms with E-state index < -0.39 is 0 Å². The maximum atomic E-state index is 5.37. The van der Waals surface area contributed by atoms with Crippen LogP contribution in [-0.4, -0.2) is 19.6 Å². The van der Waals surface area contributed by atoms with Crippen LogP contribution in [0.5, 0.6) is 0 Å². The van der Waals surface area contributed by atoms with Crippen LogP contribution in [-0.2, 0) is 0 Å². The van der Waals surface area contributed by atoms with Gasteiger partial charge in [-0.15, -0.1) is 0 Å². The van der Waals surface area contributed by atoms with Crippen molar-refractivity contribution >= 4 is 6.08 Å². The number of piperidine rings is 1. The van der Waals surface area contributed by atoms with Crippen molar-refractivity contribution in [2.24, 2.45) is 5.92 Å². The van der Waals surface area contributed by atoms with Crippen LogP contribution >= 0.6 is 0 Å². The molecule has 0 bridgehead atoms. The van der Waals surface area contributed by atoms with Gasteiger partial charge in [-0.25, -0.2) is 0 Å². The predicted octanol–water partition coefficient (Wildman–Crippen LogP) is 1.61. The predicted molar refractivity (Wildman–Crippen MR) is 61.7 cm³/mol. The summed E-state index contributed by atoms with van der Waals surface area (Å²) < 4.78 is 5.37. The molecule has 2 heteroatoms. The molecule has 0 aromatic carbocycles. The monoisotopic (exact) mass is 206 g/mol. The minimum Gasteiger partial charge on any atom is -0.465 e. The number of likely N-dealkylation sites (tertiary alicyclic amines) is 1. The fourth-order valence-electron chi connectivity index (χ4n) is 2.43. The first kappa shape index (κ1) is 10.5. The van der Waals surface area contributed by atoms with Gasteiger partial charge in [0.05, 0.1) is 19.9 Å². The van der Waals surface area contributed by atoms with Gasteiger partial charge in [0, 0.05) is 5.92 Å². The van der Waals surface area contributed by atoms with Crippen molar-refractivity contribution in [3.63, 3.8) is 0 Å². The van der Waals surface area contributed by atoms with Gasteiger partial charge >= 0.3 is 0 Å². The van der Waals surface area contributed by atoms with Gasteiger partial charge in [0.15, 0.2) is 0 Å². The molecule has 0 aliphatic carbocycles. The van der Waals surface area contributed by atoms with Crippen molar-refractivity contribution in [3.05, 3.63) is 29.7 Å². The van der Waals surface area contributed by atoms with Crippen molar-refractivity contribution in [1.82, 2.24) is 0 Å². The molecule has 15 heavy (non-hydrogen) atoms. The molecule has 0 spiro atoms. The zero-order valence-electron chi connectivity index (χ0n) is 9.79. The molecule has 1 N–H and O–H groups in total. The number of hydrogen-bond acceptors (Lipinski definition) is 1. The van der Waals surface area contributed by atoms with E-state index in [2.05, 4.69) is 27.0 Å². The lowest BCUT2D eigenvalue weighted by Gasteiger charge is -2.32. The van der Waals surface area contributed by atoms with E-state index >= 15 is 0 Å². The Kier molecular flexibility index (Phi) is 2.96. The highest BCUT2D eigenvalue weighted by atomic mass is 16.3. The Morgan fingerprint density at radius 3 is 2.93 bits per heavy atom. The zero-order chi connectivity index (χ0) is 10.8. The number of furan rings is 1. The molecule has 1 aromatic rings. The van der Waals surface area contributed by atoms with Gasteiger partial charge in [0.2, 0.25) is 0 Å². The molecule has 1 aromatic heterocycles. The van der Waals surface area contributed by atoms with Crippen LogP contribution < -0.4 is 4.90 Å². The first-order chi connectivity index (χ1) is 7.16. The molecule has 1 saturated heterocycles. The lowest BCUT2D eigenvalue weighted by Crippen LogP contribution is -3.14. The lowest BCUT2D eigenvalue weighted by atomic mass is 9.90. The third kappa shape index (κ3) is 2.32. The van der Waals surface area contributed by atoms with E-state index in [0.29, 0.717) is 6.04 Å². The molecule has 2 rings (SSSR count).